The van der Waals surface area contributed by atoms with E-state index in [4.69, 9.17) is 11.6 Å². The molecule has 1 fully saturated rings. The topological polar surface area (TPSA) is 82.6 Å². The second kappa shape index (κ2) is 9.58. The maximum absolute atomic E-state index is 13.2. The first-order valence-corrected chi connectivity index (χ1v) is 12.2. The normalized spacial score (nSPS) is 19.5. The second-order valence-corrected chi connectivity index (χ2v) is 9.85. The third-order valence-corrected chi connectivity index (χ3v) is 7.52. The van der Waals surface area contributed by atoms with Crippen LogP contribution in [-0.2, 0) is 16.0 Å². The molecule has 2 amide bonds. The molecule has 9 heteroatoms. The van der Waals surface area contributed by atoms with Gasteiger partial charge in [-0.15, -0.1) is 0 Å². The van der Waals surface area contributed by atoms with E-state index < -0.39 is 5.92 Å². The molecule has 1 N–H and O–H groups in total. The van der Waals surface area contributed by atoms with Crippen molar-refractivity contribution in [2.75, 3.05) is 36.4 Å². The number of nitrogens with one attached hydrogen (secondary N) is 1. The molecule has 0 saturated carbocycles. The lowest BCUT2D eigenvalue weighted by atomic mass is 9.88. The maximum Gasteiger partial charge on any atom is 0.228 e. The van der Waals surface area contributed by atoms with Crippen LogP contribution in [0.5, 0.6) is 0 Å². The molecule has 2 aromatic rings. The molecule has 0 unspecified atom stereocenters. The minimum atomic E-state index is -0.395. The summed E-state index contributed by atoms with van der Waals surface area (Å²) in [5, 5.41) is 3.94. The molecule has 0 spiro atoms. The summed E-state index contributed by atoms with van der Waals surface area (Å²) in [6.07, 6.45) is 1.36. The fourth-order valence-corrected chi connectivity index (χ4v) is 5.22. The Balaban J connectivity index is 1.38. The zero-order chi connectivity index (χ0) is 22.8. The molecule has 170 valence electrons. The predicted molar refractivity (Wildman–Crippen MR) is 127 cm³/mol. The number of rotatable bonds is 5. The first-order valence-electron chi connectivity index (χ1n) is 11.0. The van der Waals surface area contributed by atoms with Gasteiger partial charge in [0.2, 0.25) is 11.8 Å². The number of anilines is 2. The van der Waals surface area contributed by atoms with Crippen molar-refractivity contribution < 1.29 is 14.4 Å². The van der Waals surface area contributed by atoms with E-state index in [0.29, 0.717) is 40.2 Å². The van der Waals surface area contributed by atoms with Crippen LogP contribution in [0.1, 0.15) is 42.1 Å². The zero-order valence-electron chi connectivity index (χ0n) is 18.3. The van der Waals surface area contributed by atoms with Crippen LogP contribution in [-0.4, -0.2) is 53.7 Å². The highest BCUT2D eigenvalue weighted by Gasteiger charge is 2.36. The third-order valence-electron chi connectivity index (χ3n) is 6.23. The van der Waals surface area contributed by atoms with Gasteiger partial charge in [0.1, 0.15) is 0 Å². The van der Waals surface area contributed by atoms with Crippen LogP contribution in [0.25, 0.3) is 0 Å². The summed E-state index contributed by atoms with van der Waals surface area (Å²) in [5.74, 6) is -0.674. The Hall–Kier alpha value is -2.45. The van der Waals surface area contributed by atoms with Crippen molar-refractivity contribution in [1.82, 2.24) is 9.88 Å². The monoisotopic (exact) mass is 474 g/mol. The fraction of sp³-hybridized carbons (Fsp3) is 0.478. The van der Waals surface area contributed by atoms with Gasteiger partial charge in [-0.1, -0.05) is 42.9 Å². The zero-order valence-corrected chi connectivity index (χ0v) is 19.8. The minimum Gasteiger partial charge on any atom is -0.368 e. The van der Waals surface area contributed by atoms with Crippen molar-refractivity contribution in [1.29, 1.82) is 0 Å². The number of halogens is 1. The van der Waals surface area contributed by atoms with E-state index in [9.17, 15) is 14.4 Å². The van der Waals surface area contributed by atoms with Crippen molar-refractivity contribution in [2.45, 2.75) is 33.1 Å². The molecule has 1 aromatic heterocycles. The third kappa shape index (κ3) is 4.81. The molecule has 4 rings (SSSR count). The number of piperazine rings is 1. The van der Waals surface area contributed by atoms with Crippen molar-refractivity contribution in [2.24, 2.45) is 11.8 Å². The summed E-state index contributed by atoms with van der Waals surface area (Å²) in [5.41, 5.74) is 1.68. The molecule has 1 aromatic carbocycles. The average Bonchev–Trinajstić information content (AvgIpc) is 3.21. The Labute approximate surface area is 196 Å². The highest BCUT2D eigenvalue weighted by atomic mass is 35.5. The molecule has 7 nitrogen and oxygen atoms in total. The summed E-state index contributed by atoms with van der Waals surface area (Å²) in [4.78, 5) is 47.1. The van der Waals surface area contributed by atoms with Gasteiger partial charge in [0.25, 0.3) is 0 Å². The number of carbonyl (C=O) groups excluding carboxylic acids is 3. The Morgan fingerprint density at radius 2 is 2.00 bits per heavy atom. The highest BCUT2D eigenvalue weighted by Crippen LogP contribution is 2.33. The van der Waals surface area contributed by atoms with Gasteiger partial charge in [-0.25, -0.2) is 4.98 Å². The van der Waals surface area contributed by atoms with E-state index >= 15 is 0 Å². The van der Waals surface area contributed by atoms with Crippen LogP contribution in [0, 0.1) is 11.8 Å². The Morgan fingerprint density at radius 1 is 1.25 bits per heavy atom. The second-order valence-electron chi connectivity index (χ2n) is 8.41. The average molecular weight is 475 g/mol. The maximum atomic E-state index is 13.2. The van der Waals surface area contributed by atoms with Crippen LogP contribution < -0.4 is 10.2 Å². The number of nitrogens with zero attached hydrogens (tertiary/aromatic N) is 3. The first-order chi connectivity index (χ1) is 15.4. The molecule has 2 atom stereocenters. The number of Topliss-reactive ketones (excluding diaryl/α,β-unsaturated/α-hetero) is 1. The van der Waals surface area contributed by atoms with Crippen LogP contribution in [0.2, 0.25) is 5.02 Å². The van der Waals surface area contributed by atoms with Gasteiger partial charge < -0.3 is 15.1 Å². The molecule has 0 radical (unpaired) electrons. The van der Waals surface area contributed by atoms with Crippen molar-refractivity contribution in [3.05, 3.63) is 39.9 Å². The number of hydrogen-bond donors (Lipinski definition) is 1. The van der Waals surface area contributed by atoms with Crippen molar-refractivity contribution in [3.63, 3.8) is 0 Å². The van der Waals surface area contributed by atoms with Crippen LogP contribution in [0.15, 0.2) is 24.3 Å². The van der Waals surface area contributed by atoms with Gasteiger partial charge in [-0.2, -0.15) is 0 Å². The summed E-state index contributed by atoms with van der Waals surface area (Å²) in [6, 6.07) is 7.72. The predicted octanol–water partition coefficient (Wildman–Crippen LogP) is 3.88. The molecular formula is C23H27ClN4O3S. The van der Waals surface area contributed by atoms with Gasteiger partial charge in [0.15, 0.2) is 10.9 Å². The number of amides is 2. The van der Waals surface area contributed by atoms with E-state index in [1.807, 2.05) is 43.0 Å². The lowest BCUT2D eigenvalue weighted by Gasteiger charge is -2.38. The lowest BCUT2D eigenvalue weighted by molar-refractivity contribution is -0.136. The molecule has 0 bridgehead atoms. The molecular weight excluding hydrogens is 448 g/mol. The number of thiazole rings is 1. The van der Waals surface area contributed by atoms with E-state index in [-0.39, 0.29) is 29.9 Å². The molecule has 2 heterocycles. The van der Waals surface area contributed by atoms with Crippen LogP contribution >= 0.6 is 22.9 Å². The van der Waals surface area contributed by atoms with E-state index in [1.165, 1.54) is 11.3 Å². The summed E-state index contributed by atoms with van der Waals surface area (Å²) < 4.78 is 0. The number of aromatic nitrogens is 1. The van der Waals surface area contributed by atoms with Crippen molar-refractivity contribution >= 4 is 51.4 Å². The first kappa shape index (κ1) is 22.7. The van der Waals surface area contributed by atoms with Gasteiger partial charge in [-0.3, -0.25) is 14.4 Å². The summed E-state index contributed by atoms with van der Waals surface area (Å²) in [6.45, 7) is 6.47. The summed E-state index contributed by atoms with van der Waals surface area (Å²) >= 11 is 7.31. The molecule has 2 aliphatic rings. The van der Waals surface area contributed by atoms with Crippen LogP contribution in [0.3, 0.4) is 0 Å². The van der Waals surface area contributed by atoms with Crippen molar-refractivity contribution in [3.8, 4) is 0 Å². The highest BCUT2D eigenvalue weighted by molar-refractivity contribution is 7.17. The van der Waals surface area contributed by atoms with Gasteiger partial charge >= 0.3 is 0 Å². The number of carbonyl (C=O) groups is 3. The van der Waals surface area contributed by atoms with Gasteiger partial charge in [-0.05, 0) is 24.6 Å². The minimum absolute atomic E-state index is 0.00735. The smallest absolute Gasteiger partial charge is 0.228 e. The van der Waals surface area contributed by atoms with E-state index in [0.717, 1.165) is 25.2 Å². The quantitative estimate of drug-likeness (QED) is 0.711. The number of hydrogen-bond acceptors (Lipinski definition) is 6. The molecule has 1 saturated heterocycles. The van der Waals surface area contributed by atoms with Crippen LogP contribution in [0.4, 0.5) is 10.8 Å². The van der Waals surface area contributed by atoms with Gasteiger partial charge in [0, 0.05) is 55.6 Å². The lowest BCUT2D eigenvalue weighted by Crippen LogP contribution is -2.51. The Kier molecular flexibility index (Phi) is 6.81. The molecule has 32 heavy (non-hydrogen) atoms. The number of benzene rings is 1. The largest absolute Gasteiger partial charge is 0.368 e. The fourth-order valence-electron chi connectivity index (χ4n) is 4.09. The van der Waals surface area contributed by atoms with E-state index in [1.54, 1.807) is 0 Å². The summed E-state index contributed by atoms with van der Waals surface area (Å²) in [7, 11) is 0. The number of fused-ring (bicyclic) bond motifs is 1. The van der Waals surface area contributed by atoms with Gasteiger partial charge in [0.05, 0.1) is 16.5 Å². The Morgan fingerprint density at radius 3 is 2.69 bits per heavy atom. The Bertz CT molecular complexity index is 1030. The number of ketones is 1. The SMILES string of the molecule is CC[C@@H](C)C(=O)Nc1nc2c(s1)C(=O)C[C@H](C(=O)N1CCN(c3cccc(Cl)c3)CC1)C2. The van der Waals surface area contributed by atoms with E-state index in [2.05, 4.69) is 15.2 Å². The standard InChI is InChI=1S/C23H27ClN4O3S/c1-3-14(2)21(30)26-23-25-18-11-15(12-19(29)20(18)32-23)22(31)28-9-7-27(8-10-28)17-6-4-5-16(24)13-17/h4-6,13-15H,3,7-12H2,1-2H3,(H,25,26,30)/t14-,15-/m1/s1. The molecule has 1 aliphatic heterocycles. The molecule has 1 aliphatic carbocycles.